The Morgan fingerprint density at radius 3 is 2.39 bits per heavy atom. The third-order valence-corrected chi connectivity index (χ3v) is 5.02. The number of nitriles is 1. The molecular formula is C12H15BrN2O2S. The van der Waals surface area contributed by atoms with Crippen LogP contribution in [0.4, 0.5) is 0 Å². The summed E-state index contributed by atoms with van der Waals surface area (Å²) < 4.78 is 25.6. The Balaban J connectivity index is 2.95. The first-order valence-corrected chi connectivity index (χ1v) is 7.99. The average Bonchev–Trinajstić information content (AvgIpc) is 2.38. The monoisotopic (exact) mass is 330 g/mol. The van der Waals surface area contributed by atoms with Crippen LogP contribution in [0.1, 0.15) is 12.5 Å². The number of benzene rings is 1. The van der Waals surface area contributed by atoms with Crippen LogP contribution in [0.3, 0.4) is 0 Å². The van der Waals surface area contributed by atoms with Gasteiger partial charge in [0.2, 0.25) is 10.0 Å². The van der Waals surface area contributed by atoms with Crippen LogP contribution in [0.15, 0.2) is 29.2 Å². The lowest BCUT2D eigenvalue weighted by atomic mass is 10.2. The van der Waals surface area contributed by atoms with Gasteiger partial charge in [-0.1, -0.05) is 28.1 Å². The number of nitrogens with zero attached hydrogens (tertiary/aromatic N) is 2. The molecule has 1 rings (SSSR count). The summed E-state index contributed by atoms with van der Waals surface area (Å²) in [5.41, 5.74) is 1.02. The molecule has 0 saturated heterocycles. The van der Waals surface area contributed by atoms with Crippen molar-refractivity contribution in [1.29, 1.82) is 5.26 Å². The van der Waals surface area contributed by atoms with E-state index in [0.717, 1.165) is 5.56 Å². The fraction of sp³-hybridized carbons (Fsp3) is 0.417. The zero-order chi connectivity index (χ0) is 13.8. The van der Waals surface area contributed by atoms with Crippen molar-refractivity contribution in [2.75, 3.05) is 13.6 Å². The maximum absolute atomic E-state index is 12.2. The molecule has 4 nitrogen and oxygen atoms in total. The summed E-state index contributed by atoms with van der Waals surface area (Å²) in [7, 11) is -2.01. The van der Waals surface area contributed by atoms with Crippen LogP contribution in [0, 0.1) is 17.2 Å². The lowest BCUT2D eigenvalue weighted by Crippen LogP contribution is -2.30. The highest BCUT2D eigenvalue weighted by atomic mass is 79.9. The number of hydrogen-bond acceptors (Lipinski definition) is 3. The zero-order valence-electron chi connectivity index (χ0n) is 10.3. The van der Waals surface area contributed by atoms with E-state index in [1.54, 1.807) is 31.2 Å². The Bertz CT molecular complexity index is 534. The minimum atomic E-state index is -3.50. The number of alkyl halides is 1. The van der Waals surface area contributed by atoms with Crippen LogP contribution in [0.5, 0.6) is 0 Å². The van der Waals surface area contributed by atoms with Gasteiger partial charge in [-0.15, -0.1) is 0 Å². The van der Waals surface area contributed by atoms with Gasteiger partial charge in [-0.2, -0.15) is 9.57 Å². The van der Waals surface area contributed by atoms with E-state index in [1.807, 2.05) is 6.07 Å². The molecule has 98 valence electrons. The quantitative estimate of drug-likeness (QED) is 0.778. The standard InChI is InChI=1S/C12H15BrN2O2S/c1-10(8-14)9-15(2)18(16,17)12-5-3-11(7-13)4-6-12/h3-6,10H,7,9H2,1-2H3. The van der Waals surface area contributed by atoms with Crippen molar-refractivity contribution in [3.05, 3.63) is 29.8 Å². The first-order valence-electron chi connectivity index (χ1n) is 5.42. The van der Waals surface area contributed by atoms with E-state index < -0.39 is 10.0 Å². The van der Waals surface area contributed by atoms with E-state index >= 15 is 0 Å². The predicted octanol–water partition coefficient (Wildman–Crippen LogP) is 2.36. The second-order valence-electron chi connectivity index (χ2n) is 4.09. The molecule has 0 aromatic heterocycles. The lowest BCUT2D eigenvalue weighted by molar-refractivity contribution is 0.439. The number of rotatable bonds is 5. The topological polar surface area (TPSA) is 61.2 Å². The van der Waals surface area contributed by atoms with Crippen LogP contribution in [0.2, 0.25) is 0 Å². The molecule has 0 spiro atoms. The number of hydrogen-bond donors (Lipinski definition) is 0. The Hall–Kier alpha value is -0.900. The summed E-state index contributed by atoms with van der Waals surface area (Å²) in [4.78, 5) is 0.250. The highest BCUT2D eigenvalue weighted by Crippen LogP contribution is 2.17. The molecule has 0 aliphatic carbocycles. The Morgan fingerprint density at radius 2 is 1.94 bits per heavy atom. The van der Waals surface area contributed by atoms with Gasteiger partial charge < -0.3 is 0 Å². The molecule has 6 heteroatoms. The third-order valence-electron chi connectivity index (χ3n) is 2.54. The molecule has 0 saturated carbocycles. The highest BCUT2D eigenvalue weighted by molar-refractivity contribution is 9.08. The van der Waals surface area contributed by atoms with Crippen LogP contribution in [-0.4, -0.2) is 26.3 Å². The van der Waals surface area contributed by atoms with Crippen LogP contribution in [0.25, 0.3) is 0 Å². The molecule has 1 aromatic rings. The first-order chi connectivity index (χ1) is 8.41. The summed E-state index contributed by atoms with van der Waals surface area (Å²) in [6, 6.07) is 8.73. The molecule has 0 amide bonds. The maximum atomic E-state index is 12.2. The molecule has 0 N–H and O–H groups in total. The maximum Gasteiger partial charge on any atom is 0.242 e. The molecule has 18 heavy (non-hydrogen) atoms. The van der Waals surface area contributed by atoms with Gasteiger partial charge in [0.25, 0.3) is 0 Å². The molecule has 0 fully saturated rings. The van der Waals surface area contributed by atoms with Gasteiger partial charge in [0.05, 0.1) is 16.9 Å². The molecule has 1 aromatic carbocycles. The largest absolute Gasteiger partial charge is 0.242 e. The highest BCUT2D eigenvalue weighted by Gasteiger charge is 2.22. The van der Waals surface area contributed by atoms with E-state index in [9.17, 15) is 8.42 Å². The molecule has 0 radical (unpaired) electrons. The molecule has 0 heterocycles. The van der Waals surface area contributed by atoms with Gasteiger partial charge in [-0.3, -0.25) is 0 Å². The fourth-order valence-electron chi connectivity index (χ4n) is 1.46. The Kier molecular flexibility index (Phi) is 5.32. The van der Waals surface area contributed by atoms with Gasteiger partial charge in [-0.05, 0) is 24.6 Å². The van der Waals surface area contributed by atoms with Gasteiger partial charge in [0.1, 0.15) is 0 Å². The van der Waals surface area contributed by atoms with Crippen LogP contribution < -0.4 is 0 Å². The van der Waals surface area contributed by atoms with Crippen molar-refractivity contribution in [2.24, 2.45) is 5.92 Å². The second kappa shape index (κ2) is 6.32. The van der Waals surface area contributed by atoms with Crippen molar-refractivity contribution < 1.29 is 8.42 Å². The smallest absolute Gasteiger partial charge is 0.207 e. The Labute approximate surface area is 116 Å². The fourth-order valence-corrected chi connectivity index (χ4v) is 3.09. The molecule has 0 bridgehead atoms. The Morgan fingerprint density at radius 1 is 1.39 bits per heavy atom. The van der Waals surface area contributed by atoms with Crippen LogP contribution >= 0.6 is 15.9 Å². The van der Waals surface area contributed by atoms with Crippen molar-refractivity contribution in [3.8, 4) is 6.07 Å². The average molecular weight is 331 g/mol. The van der Waals surface area contributed by atoms with Crippen molar-refractivity contribution in [3.63, 3.8) is 0 Å². The summed E-state index contributed by atoms with van der Waals surface area (Å²) in [6.07, 6.45) is 0. The second-order valence-corrected chi connectivity index (χ2v) is 6.70. The van der Waals surface area contributed by atoms with Crippen molar-refractivity contribution in [1.82, 2.24) is 4.31 Å². The summed E-state index contributed by atoms with van der Waals surface area (Å²) >= 11 is 3.31. The predicted molar refractivity (Wildman–Crippen MR) is 73.7 cm³/mol. The zero-order valence-corrected chi connectivity index (χ0v) is 12.7. The minimum absolute atomic E-state index is 0.193. The molecule has 1 atom stereocenters. The first kappa shape index (κ1) is 15.2. The normalized spacial score (nSPS) is 13.3. The van der Waals surface area contributed by atoms with E-state index in [0.29, 0.717) is 5.33 Å². The van der Waals surface area contributed by atoms with Gasteiger partial charge in [-0.25, -0.2) is 8.42 Å². The summed E-state index contributed by atoms with van der Waals surface area (Å²) in [5.74, 6) is -0.327. The van der Waals surface area contributed by atoms with Gasteiger partial charge in [0, 0.05) is 18.9 Å². The van der Waals surface area contributed by atoms with E-state index in [2.05, 4.69) is 15.9 Å². The van der Waals surface area contributed by atoms with Gasteiger partial charge in [0.15, 0.2) is 0 Å². The van der Waals surface area contributed by atoms with Gasteiger partial charge >= 0.3 is 0 Å². The number of halogens is 1. The molecule has 0 aliphatic heterocycles. The van der Waals surface area contributed by atoms with Crippen molar-refractivity contribution >= 4 is 26.0 Å². The summed E-state index contributed by atoms with van der Waals surface area (Å²) in [6.45, 7) is 1.89. The molecule has 1 unspecified atom stereocenters. The minimum Gasteiger partial charge on any atom is -0.207 e. The molecular weight excluding hydrogens is 316 g/mol. The van der Waals surface area contributed by atoms with E-state index in [4.69, 9.17) is 5.26 Å². The van der Waals surface area contributed by atoms with Crippen LogP contribution in [-0.2, 0) is 15.4 Å². The van der Waals surface area contributed by atoms with E-state index in [1.165, 1.54) is 11.4 Å². The number of sulfonamides is 1. The third kappa shape index (κ3) is 3.55. The van der Waals surface area contributed by atoms with E-state index in [-0.39, 0.29) is 17.4 Å². The summed E-state index contributed by atoms with van der Waals surface area (Å²) in [5, 5.41) is 9.40. The SMILES string of the molecule is CC(C#N)CN(C)S(=O)(=O)c1ccc(CBr)cc1. The van der Waals surface area contributed by atoms with Crippen molar-refractivity contribution in [2.45, 2.75) is 17.1 Å². The lowest BCUT2D eigenvalue weighted by Gasteiger charge is -2.18. The molecule has 0 aliphatic rings.